The van der Waals surface area contributed by atoms with E-state index in [4.69, 9.17) is 4.98 Å². The van der Waals surface area contributed by atoms with E-state index >= 15 is 0 Å². The molecule has 0 unspecified atom stereocenters. The highest BCUT2D eigenvalue weighted by molar-refractivity contribution is 7.99. The van der Waals surface area contributed by atoms with Crippen molar-refractivity contribution >= 4 is 28.6 Å². The standard InChI is InChI=1S/C24H27N3O2S/c1-17-10-6-9-15-21(17)27-23(29)19-13-7-8-14-20(19)26-24(27)30-16-22(28)25-18-11-4-2-3-5-12-18/h6-10,13-15,18H,2-5,11-12,16H2,1H3,(H,25,28). The van der Waals surface area contributed by atoms with Crippen molar-refractivity contribution in [2.75, 3.05) is 5.75 Å². The van der Waals surface area contributed by atoms with Crippen molar-refractivity contribution < 1.29 is 4.79 Å². The Balaban J connectivity index is 1.62. The summed E-state index contributed by atoms with van der Waals surface area (Å²) in [6, 6.07) is 15.4. The molecule has 1 saturated carbocycles. The van der Waals surface area contributed by atoms with Crippen LogP contribution in [-0.2, 0) is 4.79 Å². The summed E-state index contributed by atoms with van der Waals surface area (Å²) in [5.41, 5.74) is 2.33. The van der Waals surface area contributed by atoms with Crippen molar-refractivity contribution in [3.63, 3.8) is 0 Å². The highest BCUT2D eigenvalue weighted by Crippen LogP contribution is 2.23. The Hall–Kier alpha value is -2.60. The molecule has 0 atom stereocenters. The molecule has 1 aliphatic rings. The molecule has 1 aromatic heterocycles. The van der Waals surface area contributed by atoms with E-state index in [2.05, 4.69) is 5.32 Å². The molecule has 4 rings (SSSR count). The fourth-order valence-corrected chi connectivity index (χ4v) is 4.88. The highest BCUT2D eigenvalue weighted by Gasteiger charge is 2.18. The lowest BCUT2D eigenvalue weighted by atomic mass is 10.1. The molecule has 1 amide bonds. The van der Waals surface area contributed by atoms with Gasteiger partial charge in [-0.25, -0.2) is 4.98 Å². The van der Waals surface area contributed by atoms with E-state index in [0.29, 0.717) is 16.1 Å². The maximum absolute atomic E-state index is 13.3. The number of aryl methyl sites for hydroxylation is 1. The van der Waals surface area contributed by atoms with Crippen LogP contribution >= 0.6 is 11.8 Å². The zero-order valence-corrected chi connectivity index (χ0v) is 18.1. The van der Waals surface area contributed by atoms with Crippen molar-refractivity contribution in [3.05, 3.63) is 64.4 Å². The van der Waals surface area contributed by atoms with Crippen LogP contribution in [0.5, 0.6) is 0 Å². The number of aromatic nitrogens is 2. The summed E-state index contributed by atoms with van der Waals surface area (Å²) >= 11 is 1.32. The van der Waals surface area contributed by atoms with Crippen molar-refractivity contribution in [3.8, 4) is 5.69 Å². The molecule has 1 N–H and O–H groups in total. The lowest BCUT2D eigenvalue weighted by Crippen LogP contribution is -2.35. The van der Waals surface area contributed by atoms with Gasteiger partial charge in [-0.15, -0.1) is 0 Å². The molecule has 1 aliphatic carbocycles. The van der Waals surface area contributed by atoms with E-state index in [1.807, 2.05) is 49.4 Å². The van der Waals surface area contributed by atoms with Crippen molar-refractivity contribution in [1.29, 1.82) is 0 Å². The van der Waals surface area contributed by atoms with Crippen LogP contribution in [0.1, 0.15) is 44.1 Å². The number of hydrogen-bond donors (Lipinski definition) is 1. The molecular weight excluding hydrogens is 394 g/mol. The number of amides is 1. The number of nitrogens with one attached hydrogen (secondary N) is 1. The van der Waals surface area contributed by atoms with Gasteiger partial charge in [0.25, 0.3) is 5.56 Å². The second kappa shape index (κ2) is 9.47. The molecule has 5 nitrogen and oxygen atoms in total. The highest BCUT2D eigenvalue weighted by atomic mass is 32.2. The Morgan fingerprint density at radius 2 is 1.77 bits per heavy atom. The van der Waals surface area contributed by atoms with Crippen LogP contribution in [0.2, 0.25) is 0 Å². The van der Waals surface area contributed by atoms with Crippen LogP contribution in [-0.4, -0.2) is 27.3 Å². The first-order valence-corrected chi connectivity index (χ1v) is 11.6. The third-order valence-electron chi connectivity index (χ3n) is 5.65. The van der Waals surface area contributed by atoms with Crippen LogP contribution < -0.4 is 10.9 Å². The van der Waals surface area contributed by atoms with Gasteiger partial charge in [0.15, 0.2) is 5.16 Å². The molecule has 0 aliphatic heterocycles. The summed E-state index contributed by atoms with van der Waals surface area (Å²) in [6.45, 7) is 1.98. The zero-order valence-electron chi connectivity index (χ0n) is 17.3. The minimum Gasteiger partial charge on any atom is -0.353 e. The van der Waals surface area contributed by atoms with E-state index in [-0.39, 0.29) is 23.3 Å². The first kappa shape index (κ1) is 20.7. The van der Waals surface area contributed by atoms with Crippen LogP contribution in [0.25, 0.3) is 16.6 Å². The maximum Gasteiger partial charge on any atom is 0.266 e. The molecule has 6 heteroatoms. The molecule has 3 aromatic rings. The number of fused-ring (bicyclic) bond motifs is 1. The Labute approximate surface area is 180 Å². The van der Waals surface area contributed by atoms with Gasteiger partial charge in [-0.2, -0.15) is 0 Å². The van der Waals surface area contributed by atoms with E-state index < -0.39 is 0 Å². The summed E-state index contributed by atoms with van der Waals surface area (Å²) in [5, 5.41) is 4.30. The number of benzene rings is 2. The second-order valence-electron chi connectivity index (χ2n) is 7.88. The normalized spacial score (nSPS) is 15.1. The number of thioether (sulfide) groups is 1. The predicted octanol–water partition coefficient (Wildman–Crippen LogP) is 4.63. The lowest BCUT2D eigenvalue weighted by molar-refractivity contribution is -0.119. The van der Waals surface area contributed by atoms with E-state index in [9.17, 15) is 9.59 Å². The Kier molecular flexibility index (Phi) is 6.53. The molecule has 0 radical (unpaired) electrons. The topological polar surface area (TPSA) is 64.0 Å². The molecule has 30 heavy (non-hydrogen) atoms. The van der Waals surface area contributed by atoms with Gasteiger partial charge < -0.3 is 5.32 Å². The third-order valence-corrected chi connectivity index (χ3v) is 6.59. The minimum absolute atomic E-state index is 0.00522. The number of rotatable bonds is 5. The molecule has 0 bridgehead atoms. The number of para-hydroxylation sites is 2. The van der Waals surface area contributed by atoms with Gasteiger partial charge in [-0.05, 0) is 43.5 Å². The van der Waals surface area contributed by atoms with Gasteiger partial charge in [0.1, 0.15) is 0 Å². The smallest absolute Gasteiger partial charge is 0.266 e. The van der Waals surface area contributed by atoms with Crippen LogP contribution in [0.3, 0.4) is 0 Å². The largest absolute Gasteiger partial charge is 0.353 e. The molecule has 1 heterocycles. The van der Waals surface area contributed by atoms with Crippen LogP contribution in [0, 0.1) is 6.92 Å². The maximum atomic E-state index is 13.3. The molecule has 1 fully saturated rings. The van der Waals surface area contributed by atoms with Gasteiger partial charge >= 0.3 is 0 Å². The van der Waals surface area contributed by atoms with Crippen molar-refractivity contribution in [2.24, 2.45) is 0 Å². The van der Waals surface area contributed by atoms with Crippen molar-refractivity contribution in [2.45, 2.75) is 56.6 Å². The third kappa shape index (κ3) is 4.59. The Morgan fingerprint density at radius 3 is 2.53 bits per heavy atom. The zero-order chi connectivity index (χ0) is 20.9. The summed E-state index contributed by atoms with van der Waals surface area (Å²) in [4.78, 5) is 30.7. The summed E-state index contributed by atoms with van der Waals surface area (Å²) in [7, 11) is 0. The van der Waals surface area contributed by atoms with Gasteiger partial charge in [0.2, 0.25) is 5.91 Å². The Bertz CT molecular complexity index is 1100. The van der Waals surface area contributed by atoms with E-state index in [0.717, 1.165) is 24.1 Å². The SMILES string of the molecule is Cc1ccccc1-n1c(SCC(=O)NC2CCCCCC2)nc2ccccc2c1=O. The van der Waals surface area contributed by atoms with Gasteiger partial charge in [-0.3, -0.25) is 14.2 Å². The van der Waals surface area contributed by atoms with Gasteiger partial charge in [0.05, 0.1) is 22.3 Å². The first-order chi connectivity index (χ1) is 14.6. The molecule has 0 spiro atoms. The summed E-state index contributed by atoms with van der Waals surface area (Å²) in [5.74, 6) is 0.248. The van der Waals surface area contributed by atoms with Gasteiger partial charge in [-0.1, -0.05) is 67.8 Å². The minimum atomic E-state index is -0.110. The molecule has 0 saturated heterocycles. The number of hydrogen-bond acceptors (Lipinski definition) is 4. The quantitative estimate of drug-likeness (QED) is 0.371. The van der Waals surface area contributed by atoms with Gasteiger partial charge in [0, 0.05) is 6.04 Å². The van der Waals surface area contributed by atoms with E-state index in [1.165, 1.54) is 37.4 Å². The summed E-state index contributed by atoms with van der Waals surface area (Å²) < 4.78 is 1.64. The molecule has 2 aromatic carbocycles. The number of carbonyl (C=O) groups is 1. The number of carbonyl (C=O) groups excluding carboxylic acids is 1. The van der Waals surface area contributed by atoms with Crippen molar-refractivity contribution in [1.82, 2.24) is 14.9 Å². The second-order valence-corrected chi connectivity index (χ2v) is 8.83. The monoisotopic (exact) mass is 421 g/mol. The average molecular weight is 422 g/mol. The fraction of sp³-hybridized carbons (Fsp3) is 0.375. The van der Waals surface area contributed by atoms with Crippen LogP contribution in [0.4, 0.5) is 0 Å². The molecule has 156 valence electrons. The number of nitrogens with zero attached hydrogens (tertiary/aromatic N) is 2. The lowest BCUT2D eigenvalue weighted by Gasteiger charge is -2.17. The first-order valence-electron chi connectivity index (χ1n) is 10.6. The average Bonchev–Trinajstić information content (AvgIpc) is 3.02. The Morgan fingerprint density at radius 1 is 1.07 bits per heavy atom. The fourth-order valence-electron chi connectivity index (χ4n) is 4.06. The van der Waals surface area contributed by atoms with Crippen LogP contribution in [0.15, 0.2) is 58.5 Å². The van der Waals surface area contributed by atoms with E-state index in [1.54, 1.807) is 10.6 Å². The summed E-state index contributed by atoms with van der Waals surface area (Å²) in [6.07, 6.45) is 6.97. The molecular formula is C24H27N3O2S. The predicted molar refractivity (Wildman–Crippen MR) is 122 cm³/mol.